The smallest absolute Gasteiger partial charge is 0.321 e. The van der Waals surface area contributed by atoms with Crippen LogP contribution in [-0.2, 0) is 4.79 Å². The number of carbonyl (C=O) groups is 1. The largest absolute Gasteiger partial charge is 0.480 e. The topological polar surface area (TPSA) is 49.3 Å². The summed E-state index contributed by atoms with van der Waals surface area (Å²) in [6.45, 7) is 0.913. The molecule has 2 saturated carbocycles. The molecular weight excluding hydrogens is 190 g/mol. The van der Waals surface area contributed by atoms with Gasteiger partial charge in [0.25, 0.3) is 0 Å². The third-order valence-electron chi connectivity index (χ3n) is 5.09. The molecule has 1 heterocycles. The van der Waals surface area contributed by atoms with Gasteiger partial charge in [-0.15, -0.1) is 0 Å². The van der Waals surface area contributed by atoms with E-state index in [2.05, 4.69) is 17.5 Å². The van der Waals surface area contributed by atoms with E-state index in [-0.39, 0.29) is 6.04 Å². The Kier molecular flexibility index (Phi) is 1.37. The van der Waals surface area contributed by atoms with E-state index in [0.29, 0.717) is 23.7 Å². The zero-order valence-electron chi connectivity index (χ0n) is 8.47. The molecule has 0 amide bonds. The van der Waals surface area contributed by atoms with Crippen LogP contribution in [0.25, 0.3) is 0 Å². The number of carboxylic acid groups (broad SMARTS) is 1. The molecule has 15 heavy (non-hydrogen) atoms. The second kappa shape index (κ2) is 2.46. The molecule has 0 spiro atoms. The van der Waals surface area contributed by atoms with Crippen molar-refractivity contribution in [3.8, 4) is 0 Å². The molecule has 0 radical (unpaired) electrons. The maximum atomic E-state index is 11.2. The fourth-order valence-electron chi connectivity index (χ4n) is 4.47. The number of allylic oxidation sites excluding steroid dienone is 2. The molecule has 0 aromatic rings. The molecule has 4 aliphatic carbocycles. The van der Waals surface area contributed by atoms with Gasteiger partial charge in [-0.2, -0.15) is 0 Å². The standard InChI is InChI=1S/C12H15NO2/c14-12(15)11-10-6-2-1-5(7-3-8(6)7)9(10)4-13-11/h1-2,5-11,13H,3-4H2,(H,14,15). The number of carboxylic acids is 1. The number of rotatable bonds is 1. The Balaban J connectivity index is 1.74. The minimum atomic E-state index is -0.652. The Bertz CT molecular complexity index is 365. The number of hydrogen-bond donors (Lipinski definition) is 2. The van der Waals surface area contributed by atoms with Crippen molar-refractivity contribution in [3.05, 3.63) is 12.2 Å². The van der Waals surface area contributed by atoms with Gasteiger partial charge < -0.3 is 10.4 Å². The van der Waals surface area contributed by atoms with Crippen molar-refractivity contribution < 1.29 is 9.90 Å². The van der Waals surface area contributed by atoms with E-state index in [9.17, 15) is 9.90 Å². The Morgan fingerprint density at radius 2 is 1.93 bits per heavy atom. The van der Waals surface area contributed by atoms with Crippen molar-refractivity contribution in [3.63, 3.8) is 0 Å². The Labute approximate surface area is 88.5 Å². The van der Waals surface area contributed by atoms with Gasteiger partial charge in [-0.25, -0.2) is 0 Å². The number of aliphatic carboxylic acids is 1. The molecule has 1 saturated heterocycles. The first-order valence-electron chi connectivity index (χ1n) is 5.92. The predicted molar refractivity (Wildman–Crippen MR) is 54.1 cm³/mol. The van der Waals surface area contributed by atoms with Crippen molar-refractivity contribution in [2.75, 3.05) is 6.54 Å². The molecule has 5 rings (SSSR count). The molecule has 3 nitrogen and oxygen atoms in total. The third kappa shape index (κ3) is 0.882. The lowest BCUT2D eigenvalue weighted by Gasteiger charge is -2.41. The summed E-state index contributed by atoms with van der Waals surface area (Å²) in [6.07, 6.45) is 6.02. The summed E-state index contributed by atoms with van der Waals surface area (Å²) in [5, 5.41) is 12.4. The fraction of sp³-hybridized carbons (Fsp3) is 0.750. The molecular formula is C12H15NO2. The first-order valence-corrected chi connectivity index (χ1v) is 5.92. The molecule has 2 N–H and O–H groups in total. The Hall–Kier alpha value is -0.830. The van der Waals surface area contributed by atoms with Crippen LogP contribution < -0.4 is 5.32 Å². The van der Waals surface area contributed by atoms with Crippen LogP contribution in [0.5, 0.6) is 0 Å². The van der Waals surface area contributed by atoms with Gasteiger partial charge in [0.1, 0.15) is 6.04 Å². The molecule has 0 aromatic heterocycles. The van der Waals surface area contributed by atoms with Crippen molar-refractivity contribution in [2.45, 2.75) is 12.5 Å². The van der Waals surface area contributed by atoms with Gasteiger partial charge in [-0.05, 0) is 48.5 Å². The van der Waals surface area contributed by atoms with E-state index >= 15 is 0 Å². The van der Waals surface area contributed by atoms with Gasteiger partial charge >= 0.3 is 5.97 Å². The van der Waals surface area contributed by atoms with E-state index < -0.39 is 5.97 Å². The zero-order chi connectivity index (χ0) is 10.2. The zero-order valence-corrected chi connectivity index (χ0v) is 8.47. The highest BCUT2D eigenvalue weighted by Gasteiger charge is 2.63. The van der Waals surface area contributed by atoms with Crippen LogP contribution in [0.15, 0.2) is 12.2 Å². The summed E-state index contributed by atoms with van der Waals surface area (Å²) < 4.78 is 0. The highest BCUT2D eigenvalue weighted by atomic mass is 16.4. The minimum Gasteiger partial charge on any atom is -0.480 e. The van der Waals surface area contributed by atoms with Gasteiger partial charge in [0.05, 0.1) is 0 Å². The van der Waals surface area contributed by atoms with E-state index in [1.54, 1.807) is 0 Å². The van der Waals surface area contributed by atoms with Crippen LogP contribution in [0.2, 0.25) is 0 Å². The van der Waals surface area contributed by atoms with Gasteiger partial charge in [0.2, 0.25) is 0 Å². The average molecular weight is 205 g/mol. The molecule has 3 heteroatoms. The van der Waals surface area contributed by atoms with Crippen LogP contribution in [0.3, 0.4) is 0 Å². The van der Waals surface area contributed by atoms with Crippen molar-refractivity contribution >= 4 is 5.97 Å². The third-order valence-corrected chi connectivity index (χ3v) is 5.09. The van der Waals surface area contributed by atoms with E-state index in [1.807, 2.05) is 0 Å². The lowest BCUT2D eigenvalue weighted by molar-refractivity contribution is -0.141. The summed E-state index contributed by atoms with van der Waals surface area (Å²) in [5.74, 6) is 3.29. The maximum Gasteiger partial charge on any atom is 0.321 e. The highest BCUT2D eigenvalue weighted by molar-refractivity contribution is 5.74. The predicted octanol–water partition coefficient (Wildman–Crippen LogP) is 0.727. The molecule has 1 aliphatic heterocycles. The summed E-state index contributed by atoms with van der Waals surface area (Å²) >= 11 is 0. The van der Waals surface area contributed by atoms with Crippen molar-refractivity contribution in [2.24, 2.45) is 35.5 Å². The summed E-state index contributed by atoms with van der Waals surface area (Å²) in [6, 6.07) is -0.283. The van der Waals surface area contributed by atoms with Crippen molar-refractivity contribution in [1.29, 1.82) is 0 Å². The second-order valence-corrected chi connectivity index (χ2v) is 5.57. The molecule has 7 atom stereocenters. The summed E-state index contributed by atoms with van der Waals surface area (Å²) in [5.41, 5.74) is 0. The summed E-state index contributed by atoms with van der Waals surface area (Å²) in [7, 11) is 0. The summed E-state index contributed by atoms with van der Waals surface area (Å²) in [4.78, 5) is 11.2. The molecule has 5 aliphatic rings. The quantitative estimate of drug-likeness (QED) is 0.620. The molecule has 0 aromatic carbocycles. The lowest BCUT2D eigenvalue weighted by Crippen LogP contribution is -2.44. The van der Waals surface area contributed by atoms with Gasteiger partial charge in [-0.1, -0.05) is 12.2 Å². The monoisotopic (exact) mass is 205 g/mol. The molecule has 7 unspecified atom stereocenters. The first-order chi connectivity index (χ1) is 7.27. The number of nitrogens with one attached hydrogen (secondary N) is 1. The Morgan fingerprint density at radius 3 is 2.73 bits per heavy atom. The van der Waals surface area contributed by atoms with Gasteiger partial charge in [-0.3, -0.25) is 4.79 Å². The molecule has 2 bridgehead atoms. The fourth-order valence-corrected chi connectivity index (χ4v) is 4.47. The van der Waals surface area contributed by atoms with Gasteiger partial charge in [0.15, 0.2) is 0 Å². The number of hydrogen-bond acceptors (Lipinski definition) is 2. The average Bonchev–Trinajstić information content (AvgIpc) is 2.91. The Morgan fingerprint density at radius 1 is 1.20 bits per heavy atom. The second-order valence-electron chi connectivity index (χ2n) is 5.57. The van der Waals surface area contributed by atoms with Crippen LogP contribution in [0.4, 0.5) is 0 Å². The van der Waals surface area contributed by atoms with Crippen LogP contribution >= 0.6 is 0 Å². The minimum absolute atomic E-state index is 0.283. The molecule has 80 valence electrons. The van der Waals surface area contributed by atoms with Crippen LogP contribution in [0, 0.1) is 35.5 Å². The first kappa shape index (κ1) is 8.34. The van der Waals surface area contributed by atoms with E-state index in [1.165, 1.54) is 6.42 Å². The van der Waals surface area contributed by atoms with E-state index in [0.717, 1.165) is 18.4 Å². The SMILES string of the molecule is O=C(O)C1NCC2C3C=CC(C4CC34)C12. The normalized spacial score (nSPS) is 58.8. The van der Waals surface area contributed by atoms with Crippen molar-refractivity contribution in [1.82, 2.24) is 5.32 Å². The van der Waals surface area contributed by atoms with E-state index in [4.69, 9.17) is 0 Å². The maximum absolute atomic E-state index is 11.2. The van der Waals surface area contributed by atoms with Crippen LogP contribution in [0.1, 0.15) is 6.42 Å². The van der Waals surface area contributed by atoms with Gasteiger partial charge in [0, 0.05) is 0 Å². The highest BCUT2D eigenvalue weighted by Crippen LogP contribution is 2.64. The van der Waals surface area contributed by atoms with Crippen LogP contribution in [-0.4, -0.2) is 23.7 Å². The molecule has 3 fully saturated rings. The lowest BCUT2D eigenvalue weighted by atomic mass is 9.62.